The summed E-state index contributed by atoms with van der Waals surface area (Å²) < 4.78 is 5.03. The molecule has 0 saturated carbocycles. The van der Waals surface area contributed by atoms with Gasteiger partial charge in [0, 0.05) is 13.7 Å². The van der Waals surface area contributed by atoms with E-state index in [1.807, 2.05) is 13.8 Å². The molecule has 0 aliphatic rings. The Morgan fingerprint density at radius 3 is 2.67 bits per heavy atom. The summed E-state index contributed by atoms with van der Waals surface area (Å²) in [5, 5.41) is 11.8. The Morgan fingerprint density at radius 2 is 2.14 bits per heavy atom. The minimum atomic E-state index is -1.19. The first kappa shape index (κ1) is 17.3. The summed E-state index contributed by atoms with van der Waals surface area (Å²) in [4.78, 5) is 25.1. The van der Waals surface area contributed by atoms with Crippen molar-refractivity contribution in [2.24, 2.45) is 0 Å². The zero-order valence-electron chi connectivity index (χ0n) is 12.2. The average molecular weight is 315 g/mol. The van der Waals surface area contributed by atoms with Crippen molar-refractivity contribution in [3.8, 4) is 0 Å². The van der Waals surface area contributed by atoms with Gasteiger partial charge in [-0.05, 0) is 26.0 Å². The Labute approximate surface area is 128 Å². The number of amides is 2. The molecule has 1 rings (SSSR count). The highest BCUT2D eigenvalue weighted by Gasteiger charge is 2.21. The Kier molecular flexibility index (Phi) is 6.45. The number of carbonyl (C=O) groups excluding carboxylic acids is 1. The van der Waals surface area contributed by atoms with Crippen LogP contribution in [-0.4, -0.2) is 48.3 Å². The minimum absolute atomic E-state index is 0.0771. The van der Waals surface area contributed by atoms with E-state index in [1.54, 1.807) is 18.1 Å². The Morgan fingerprint density at radius 1 is 1.48 bits per heavy atom. The van der Waals surface area contributed by atoms with Gasteiger partial charge in [-0.3, -0.25) is 0 Å². The number of carboxylic acid groups (broad SMARTS) is 1. The largest absolute Gasteiger partial charge is 0.478 e. The molecule has 0 fully saturated rings. The summed E-state index contributed by atoms with van der Waals surface area (Å²) in [6.45, 7) is 4.55. The highest BCUT2D eigenvalue weighted by Crippen LogP contribution is 2.24. The standard InChI is InChI=1S/C14H19ClN2O4/c1-4-17(9(2)8-21-3)14(20)16-11-7-5-6-10(15)12(11)13(18)19/h5-7,9H,4,8H2,1-3H3,(H,16,20)(H,18,19). The number of benzene rings is 1. The van der Waals surface area contributed by atoms with Crippen LogP contribution in [-0.2, 0) is 4.74 Å². The highest BCUT2D eigenvalue weighted by molar-refractivity contribution is 6.34. The number of methoxy groups -OCH3 is 1. The van der Waals surface area contributed by atoms with Crippen LogP contribution >= 0.6 is 11.6 Å². The lowest BCUT2D eigenvalue weighted by Gasteiger charge is -2.28. The maximum atomic E-state index is 12.3. The van der Waals surface area contributed by atoms with Crippen LogP contribution in [0.5, 0.6) is 0 Å². The van der Waals surface area contributed by atoms with Gasteiger partial charge in [-0.25, -0.2) is 9.59 Å². The van der Waals surface area contributed by atoms with Crippen LogP contribution in [0.4, 0.5) is 10.5 Å². The molecule has 1 atom stereocenters. The number of carboxylic acids is 1. The second-order valence-electron chi connectivity index (χ2n) is 4.49. The van der Waals surface area contributed by atoms with Crippen LogP contribution in [0, 0.1) is 0 Å². The molecule has 0 saturated heterocycles. The van der Waals surface area contributed by atoms with Crippen molar-refractivity contribution >= 4 is 29.3 Å². The predicted octanol–water partition coefficient (Wildman–Crippen LogP) is 2.93. The van der Waals surface area contributed by atoms with E-state index in [0.29, 0.717) is 13.2 Å². The Balaban J connectivity index is 2.97. The number of anilines is 1. The fourth-order valence-corrected chi connectivity index (χ4v) is 2.27. The molecule has 116 valence electrons. The van der Waals surface area contributed by atoms with Gasteiger partial charge in [-0.2, -0.15) is 0 Å². The maximum absolute atomic E-state index is 12.3. The Bertz CT molecular complexity index is 522. The summed E-state index contributed by atoms with van der Waals surface area (Å²) in [5.41, 5.74) is 0.0473. The smallest absolute Gasteiger partial charge is 0.339 e. The van der Waals surface area contributed by atoms with Crippen LogP contribution in [0.2, 0.25) is 5.02 Å². The molecule has 0 aliphatic heterocycles. The normalized spacial score (nSPS) is 11.8. The van der Waals surface area contributed by atoms with Crippen LogP contribution in [0.1, 0.15) is 24.2 Å². The topological polar surface area (TPSA) is 78.9 Å². The molecule has 0 heterocycles. The highest BCUT2D eigenvalue weighted by atomic mass is 35.5. The van der Waals surface area contributed by atoms with Gasteiger partial charge >= 0.3 is 12.0 Å². The van der Waals surface area contributed by atoms with Gasteiger partial charge in [0.25, 0.3) is 0 Å². The number of nitrogens with one attached hydrogen (secondary N) is 1. The molecule has 1 unspecified atom stereocenters. The van der Waals surface area contributed by atoms with Crippen LogP contribution in [0.25, 0.3) is 0 Å². The Hall–Kier alpha value is -1.79. The zero-order valence-corrected chi connectivity index (χ0v) is 13.0. The molecule has 0 aliphatic carbocycles. The number of rotatable bonds is 6. The van der Waals surface area contributed by atoms with E-state index >= 15 is 0 Å². The average Bonchev–Trinajstić information content (AvgIpc) is 2.39. The maximum Gasteiger partial charge on any atom is 0.339 e. The van der Waals surface area contributed by atoms with Crippen molar-refractivity contribution in [1.82, 2.24) is 4.90 Å². The summed E-state index contributed by atoms with van der Waals surface area (Å²) in [6, 6.07) is 4.02. The van der Waals surface area contributed by atoms with E-state index in [0.717, 1.165) is 0 Å². The molecule has 1 aromatic rings. The third-order valence-corrected chi connectivity index (χ3v) is 3.33. The van der Waals surface area contributed by atoms with Crippen molar-refractivity contribution in [2.45, 2.75) is 19.9 Å². The predicted molar refractivity (Wildman–Crippen MR) is 81.1 cm³/mol. The molecule has 7 heteroatoms. The number of likely N-dealkylation sites (N-methyl/N-ethyl adjacent to an activating group) is 1. The van der Waals surface area contributed by atoms with E-state index in [2.05, 4.69) is 5.32 Å². The van der Waals surface area contributed by atoms with E-state index in [-0.39, 0.29) is 22.3 Å². The first-order valence-electron chi connectivity index (χ1n) is 6.50. The number of hydrogen-bond acceptors (Lipinski definition) is 3. The van der Waals surface area contributed by atoms with Gasteiger partial charge in [0.05, 0.1) is 23.4 Å². The molecule has 21 heavy (non-hydrogen) atoms. The zero-order chi connectivity index (χ0) is 16.0. The molecular formula is C14H19ClN2O4. The third-order valence-electron chi connectivity index (χ3n) is 3.01. The summed E-state index contributed by atoms with van der Waals surface area (Å²) in [7, 11) is 1.56. The second kappa shape index (κ2) is 7.85. The number of halogens is 1. The number of urea groups is 1. The van der Waals surface area contributed by atoms with Crippen molar-refractivity contribution in [1.29, 1.82) is 0 Å². The van der Waals surface area contributed by atoms with Gasteiger partial charge < -0.3 is 20.1 Å². The molecule has 0 spiro atoms. The van der Waals surface area contributed by atoms with Crippen LogP contribution in [0.3, 0.4) is 0 Å². The molecule has 0 radical (unpaired) electrons. The van der Waals surface area contributed by atoms with E-state index < -0.39 is 12.0 Å². The summed E-state index contributed by atoms with van der Waals surface area (Å²) in [6.07, 6.45) is 0. The fraction of sp³-hybridized carbons (Fsp3) is 0.429. The van der Waals surface area contributed by atoms with Gasteiger partial charge in [-0.1, -0.05) is 17.7 Å². The first-order valence-corrected chi connectivity index (χ1v) is 6.88. The van der Waals surface area contributed by atoms with Crippen molar-refractivity contribution < 1.29 is 19.4 Å². The number of carbonyl (C=O) groups is 2. The molecule has 6 nitrogen and oxygen atoms in total. The lowest BCUT2D eigenvalue weighted by Crippen LogP contribution is -2.43. The van der Waals surface area contributed by atoms with Gasteiger partial charge in [-0.15, -0.1) is 0 Å². The van der Waals surface area contributed by atoms with E-state index in [1.165, 1.54) is 12.1 Å². The summed E-state index contributed by atoms with van der Waals surface area (Å²) >= 11 is 5.87. The molecule has 0 bridgehead atoms. The van der Waals surface area contributed by atoms with Gasteiger partial charge in [0.1, 0.15) is 5.56 Å². The quantitative estimate of drug-likeness (QED) is 0.846. The molecule has 2 N–H and O–H groups in total. The molecule has 0 aromatic heterocycles. The second-order valence-corrected chi connectivity index (χ2v) is 4.90. The monoisotopic (exact) mass is 314 g/mol. The molecular weight excluding hydrogens is 296 g/mol. The summed E-state index contributed by atoms with van der Waals surface area (Å²) in [5.74, 6) is -1.19. The molecule has 2 amide bonds. The third kappa shape index (κ3) is 4.34. The number of ether oxygens (including phenoxy) is 1. The van der Waals surface area contributed by atoms with E-state index in [9.17, 15) is 14.7 Å². The van der Waals surface area contributed by atoms with Gasteiger partial charge in [0.2, 0.25) is 0 Å². The minimum Gasteiger partial charge on any atom is -0.478 e. The van der Waals surface area contributed by atoms with Crippen molar-refractivity contribution in [2.75, 3.05) is 25.6 Å². The number of hydrogen-bond donors (Lipinski definition) is 2. The number of aromatic carboxylic acids is 1. The lowest BCUT2D eigenvalue weighted by molar-refractivity contribution is 0.0698. The number of nitrogens with zero attached hydrogens (tertiary/aromatic N) is 1. The van der Waals surface area contributed by atoms with Crippen molar-refractivity contribution in [3.05, 3.63) is 28.8 Å². The lowest BCUT2D eigenvalue weighted by atomic mass is 10.2. The first-order chi connectivity index (χ1) is 9.92. The SMILES string of the molecule is CCN(C(=O)Nc1cccc(Cl)c1C(=O)O)C(C)COC. The van der Waals surface area contributed by atoms with Gasteiger partial charge in [0.15, 0.2) is 0 Å². The van der Waals surface area contributed by atoms with E-state index in [4.69, 9.17) is 16.3 Å². The van der Waals surface area contributed by atoms with Crippen LogP contribution in [0.15, 0.2) is 18.2 Å². The van der Waals surface area contributed by atoms with Crippen LogP contribution < -0.4 is 5.32 Å². The fourth-order valence-electron chi connectivity index (χ4n) is 2.02. The molecule has 1 aromatic carbocycles. The van der Waals surface area contributed by atoms with Crippen molar-refractivity contribution in [3.63, 3.8) is 0 Å².